The molecule has 0 radical (unpaired) electrons. The van der Waals surface area contributed by atoms with Crippen LogP contribution in [0.1, 0.15) is 34.6 Å². The lowest BCUT2D eigenvalue weighted by atomic mass is 10.1. The van der Waals surface area contributed by atoms with Gasteiger partial charge >= 0.3 is 0 Å². The van der Waals surface area contributed by atoms with Crippen molar-refractivity contribution in [1.29, 1.82) is 0 Å². The number of hydrogen-bond donors (Lipinski definition) is 1. The van der Waals surface area contributed by atoms with Crippen LogP contribution >= 0.6 is 0 Å². The van der Waals surface area contributed by atoms with E-state index in [4.69, 9.17) is 0 Å². The molecule has 0 aliphatic carbocycles. The first kappa shape index (κ1) is 18.6. The summed E-state index contributed by atoms with van der Waals surface area (Å²) in [6.45, 7) is 4.55. The van der Waals surface area contributed by atoms with Crippen molar-refractivity contribution >= 4 is 15.9 Å². The summed E-state index contributed by atoms with van der Waals surface area (Å²) in [5, 5.41) is 7.16. The zero-order valence-corrected chi connectivity index (χ0v) is 16.1. The van der Waals surface area contributed by atoms with E-state index < -0.39 is 10.0 Å². The smallest absolute Gasteiger partial charge is 0.269 e. The monoisotopic (exact) mass is 376 g/mol. The Morgan fingerprint density at radius 1 is 1.15 bits per heavy atom. The van der Waals surface area contributed by atoms with Crippen LogP contribution in [0.4, 0.5) is 0 Å². The summed E-state index contributed by atoms with van der Waals surface area (Å²) in [5.41, 5.74) is 2.32. The molecule has 1 aromatic heterocycles. The Balaban J connectivity index is 1.61. The van der Waals surface area contributed by atoms with Gasteiger partial charge in [0.2, 0.25) is 10.0 Å². The van der Waals surface area contributed by atoms with E-state index in [1.165, 1.54) is 4.31 Å². The fourth-order valence-corrected chi connectivity index (χ4v) is 4.65. The van der Waals surface area contributed by atoms with E-state index in [2.05, 4.69) is 10.4 Å². The minimum Gasteiger partial charge on any atom is -0.348 e. The van der Waals surface area contributed by atoms with E-state index in [0.717, 1.165) is 11.3 Å². The van der Waals surface area contributed by atoms with Crippen molar-refractivity contribution in [1.82, 2.24) is 19.4 Å². The molecule has 2 aromatic rings. The molecule has 0 bridgehead atoms. The van der Waals surface area contributed by atoms with Gasteiger partial charge in [-0.3, -0.25) is 9.48 Å². The fourth-order valence-electron chi connectivity index (χ4n) is 3.18. The van der Waals surface area contributed by atoms with Gasteiger partial charge in [0, 0.05) is 26.2 Å². The van der Waals surface area contributed by atoms with E-state index in [9.17, 15) is 13.2 Å². The van der Waals surface area contributed by atoms with Crippen molar-refractivity contribution in [3.63, 3.8) is 0 Å². The maximum Gasteiger partial charge on any atom is 0.269 e. The highest BCUT2D eigenvalue weighted by molar-refractivity contribution is 7.89. The normalized spacial score (nSPS) is 16.6. The predicted octanol–water partition coefficient (Wildman–Crippen LogP) is 1.62. The largest absolute Gasteiger partial charge is 0.348 e. The molecule has 1 aliphatic rings. The summed E-state index contributed by atoms with van der Waals surface area (Å²) in [6.07, 6.45) is 1.18. The molecule has 140 valence electrons. The molecule has 8 heteroatoms. The van der Waals surface area contributed by atoms with Crippen LogP contribution in [0, 0.1) is 13.8 Å². The van der Waals surface area contributed by atoms with Crippen LogP contribution in [0.2, 0.25) is 0 Å². The van der Waals surface area contributed by atoms with Crippen molar-refractivity contribution < 1.29 is 13.2 Å². The number of nitrogens with one attached hydrogen (secondary N) is 1. The van der Waals surface area contributed by atoms with Gasteiger partial charge in [-0.05, 0) is 44.9 Å². The Morgan fingerprint density at radius 2 is 1.77 bits per heavy atom. The Hall–Kier alpha value is -2.19. The predicted molar refractivity (Wildman–Crippen MR) is 98.4 cm³/mol. The van der Waals surface area contributed by atoms with Crippen LogP contribution in [0.3, 0.4) is 0 Å². The Bertz CT molecular complexity index is 895. The first-order valence-corrected chi connectivity index (χ1v) is 10.1. The SMILES string of the molecule is Cc1ccc(S(=O)(=O)N2CCC(NC(=O)c3cc(C)nn3C)CC2)cc1. The second-order valence-electron chi connectivity index (χ2n) is 6.76. The third kappa shape index (κ3) is 3.81. The molecule has 0 atom stereocenters. The van der Waals surface area contributed by atoms with Gasteiger partial charge in [-0.25, -0.2) is 8.42 Å². The minimum atomic E-state index is -3.48. The van der Waals surface area contributed by atoms with Crippen LogP contribution in [-0.2, 0) is 17.1 Å². The van der Waals surface area contributed by atoms with Crippen molar-refractivity contribution in [2.24, 2.45) is 7.05 Å². The lowest BCUT2D eigenvalue weighted by molar-refractivity contribution is 0.0914. The van der Waals surface area contributed by atoms with Gasteiger partial charge in [-0.1, -0.05) is 17.7 Å². The number of rotatable bonds is 4. The molecule has 1 amide bonds. The second-order valence-corrected chi connectivity index (χ2v) is 8.70. The second kappa shape index (κ2) is 7.20. The van der Waals surface area contributed by atoms with Gasteiger partial charge in [0.1, 0.15) is 5.69 Å². The Labute approximate surface area is 154 Å². The quantitative estimate of drug-likeness (QED) is 0.879. The van der Waals surface area contributed by atoms with E-state index in [-0.39, 0.29) is 11.9 Å². The van der Waals surface area contributed by atoms with E-state index >= 15 is 0 Å². The molecule has 1 aliphatic heterocycles. The maximum atomic E-state index is 12.7. The molecule has 26 heavy (non-hydrogen) atoms. The summed E-state index contributed by atoms with van der Waals surface area (Å²) in [7, 11) is -1.74. The van der Waals surface area contributed by atoms with Gasteiger partial charge in [-0.2, -0.15) is 9.40 Å². The first-order chi connectivity index (χ1) is 12.3. The van der Waals surface area contributed by atoms with Gasteiger partial charge in [0.15, 0.2) is 0 Å². The molecule has 1 aromatic carbocycles. The number of carbonyl (C=O) groups excluding carboxylic acids is 1. The third-order valence-corrected chi connectivity index (χ3v) is 6.60. The molecular formula is C18H24N4O3S. The minimum absolute atomic E-state index is 0.0397. The number of aryl methyl sites for hydroxylation is 3. The Kier molecular flexibility index (Phi) is 5.15. The number of piperidine rings is 1. The van der Waals surface area contributed by atoms with Crippen LogP contribution in [0.15, 0.2) is 35.2 Å². The van der Waals surface area contributed by atoms with Crippen LogP contribution in [0.25, 0.3) is 0 Å². The molecule has 0 unspecified atom stereocenters. The average molecular weight is 376 g/mol. The molecule has 1 fully saturated rings. The molecule has 3 rings (SSSR count). The molecule has 1 N–H and O–H groups in total. The number of amides is 1. The van der Waals surface area contributed by atoms with Crippen LogP contribution in [0.5, 0.6) is 0 Å². The number of carbonyl (C=O) groups is 1. The summed E-state index contributed by atoms with van der Waals surface area (Å²) < 4.78 is 28.5. The molecule has 1 saturated heterocycles. The molecular weight excluding hydrogens is 352 g/mol. The highest BCUT2D eigenvalue weighted by Crippen LogP contribution is 2.21. The van der Waals surface area contributed by atoms with Gasteiger partial charge in [-0.15, -0.1) is 0 Å². The highest BCUT2D eigenvalue weighted by Gasteiger charge is 2.30. The topological polar surface area (TPSA) is 84.3 Å². The molecule has 0 saturated carbocycles. The van der Waals surface area contributed by atoms with Crippen LogP contribution < -0.4 is 5.32 Å². The number of nitrogens with zero attached hydrogens (tertiary/aromatic N) is 3. The van der Waals surface area contributed by atoms with Crippen molar-refractivity contribution in [3.8, 4) is 0 Å². The van der Waals surface area contributed by atoms with Gasteiger partial charge < -0.3 is 5.32 Å². The van der Waals surface area contributed by atoms with Gasteiger partial charge in [0.05, 0.1) is 10.6 Å². The number of hydrogen-bond acceptors (Lipinski definition) is 4. The highest BCUT2D eigenvalue weighted by atomic mass is 32.2. The molecule has 0 spiro atoms. The summed E-state index contributed by atoms with van der Waals surface area (Å²) in [5.74, 6) is -0.173. The summed E-state index contributed by atoms with van der Waals surface area (Å²) in [6, 6.07) is 8.59. The van der Waals surface area contributed by atoms with Crippen LogP contribution in [-0.4, -0.2) is 47.5 Å². The van der Waals surface area contributed by atoms with Crippen molar-refractivity contribution in [2.45, 2.75) is 37.6 Å². The number of benzene rings is 1. The zero-order chi connectivity index (χ0) is 18.9. The molecule has 2 heterocycles. The van der Waals surface area contributed by atoms with E-state index in [1.54, 1.807) is 42.1 Å². The van der Waals surface area contributed by atoms with E-state index in [0.29, 0.717) is 36.5 Å². The lowest BCUT2D eigenvalue weighted by Gasteiger charge is -2.31. The number of sulfonamides is 1. The maximum absolute atomic E-state index is 12.7. The first-order valence-electron chi connectivity index (χ1n) is 8.65. The van der Waals surface area contributed by atoms with E-state index in [1.807, 2.05) is 13.8 Å². The van der Waals surface area contributed by atoms with Crippen molar-refractivity contribution in [2.75, 3.05) is 13.1 Å². The average Bonchev–Trinajstić information content (AvgIpc) is 2.94. The summed E-state index contributed by atoms with van der Waals surface area (Å²) in [4.78, 5) is 12.7. The van der Waals surface area contributed by atoms with Gasteiger partial charge in [0.25, 0.3) is 5.91 Å². The summed E-state index contributed by atoms with van der Waals surface area (Å²) >= 11 is 0. The standard InChI is InChI=1S/C18H24N4O3S/c1-13-4-6-16(7-5-13)26(24,25)22-10-8-15(9-11-22)19-18(23)17-12-14(2)20-21(17)3/h4-7,12,15H,8-11H2,1-3H3,(H,19,23). The van der Waals surface area contributed by atoms with Crippen molar-refractivity contribution in [3.05, 3.63) is 47.3 Å². The fraction of sp³-hybridized carbons (Fsp3) is 0.444. The Morgan fingerprint density at radius 3 is 2.31 bits per heavy atom. The third-order valence-electron chi connectivity index (χ3n) is 4.68. The lowest BCUT2D eigenvalue weighted by Crippen LogP contribution is -2.46. The zero-order valence-electron chi connectivity index (χ0n) is 15.3. The molecule has 7 nitrogen and oxygen atoms in total. The number of aromatic nitrogens is 2.